The molecule has 0 saturated carbocycles. The SMILES string of the molecule is CC/C=C\C/C=C\C/C=C\C/C=C\C/C=C\C/C=C\C/C=C\C/C=C\C/C=C\C/C=C\CCCCCCC(=O)OCC(COC(=O)CCCCCCC)OC(=O)CCCCCCC/C=C\CCCCCCCCC. The highest BCUT2D eigenvalue weighted by Crippen LogP contribution is 2.13. The predicted octanol–water partition coefficient (Wildman–Crippen LogP) is 20.6. The average Bonchev–Trinajstić information content (AvgIpc) is 3.40. The maximum Gasteiger partial charge on any atom is 0.306 e. The molecule has 0 bridgehead atoms. The molecule has 6 heteroatoms. The lowest BCUT2D eigenvalue weighted by Crippen LogP contribution is -2.30. The summed E-state index contributed by atoms with van der Waals surface area (Å²) in [6, 6.07) is 0. The highest BCUT2D eigenvalue weighted by atomic mass is 16.6. The van der Waals surface area contributed by atoms with Crippen molar-refractivity contribution in [2.75, 3.05) is 13.2 Å². The molecule has 6 nitrogen and oxygen atoms in total. The van der Waals surface area contributed by atoms with Crippen LogP contribution in [0.5, 0.6) is 0 Å². The summed E-state index contributed by atoms with van der Waals surface area (Å²) < 4.78 is 16.7. The first-order chi connectivity index (χ1) is 36.5. The monoisotopic (exact) mass is 1020 g/mol. The van der Waals surface area contributed by atoms with E-state index in [-0.39, 0.29) is 31.1 Å². The van der Waals surface area contributed by atoms with E-state index in [1.165, 1.54) is 57.8 Å². The molecule has 1 atom stereocenters. The maximum absolute atomic E-state index is 12.8. The Kier molecular flexibility index (Phi) is 57.4. The first-order valence-electron chi connectivity index (χ1n) is 30.2. The van der Waals surface area contributed by atoms with Gasteiger partial charge in [-0.1, -0.05) is 251 Å². The lowest BCUT2D eigenvalue weighted by atomic mass is 10.1. The minimum absolute atomic E-state index is 0.0925. The first kappa shape index (κ1) is 69.5. The van der Waals surface area contributed by atoms with Gasteiger partial charge in [0.1, 0.15) is 13.2 Å². The second-order valence-corrected chi connectivity index (χ2v) is 19.5. The minimum atomic E-state index is -0.792. The van der Waals surface area contributed by atoms with E-state index in [9.17, 15) is 14.4 Å². The summed E-state index contributed by atoms with van der Waals surface area (Å²) >= 11 is 0. The van der Waals surface area contributed by atoms with E-state index < -0.39 is 6.10 Å². The van der Waals surface area contributed by atoms with Crippen LogP contribution in [0.2, 0.25) is 0 Å². The Morgan fingerprint density at radius 1 is 0.284 bits per heavy atom. The second kappa shape index (κ2) is 61.1. The Labute approximate surface area is 455 Å². The van der Waals surface area contributed by atoms with E-state index in [1.807, 2.05) is 0 Å². The molecule has 0 saturated heterocycles. The van der Waals surface area contributed by atoms with Gasteiger partial charge in [-0.25, -0.2) is 0 Å². The van der Waals surface area contributed by atoms with Gasteiger partial charge in [0.2, 0.25) is 0 Å². The largest absolute Gasteiger partial charge is 0.462 e. The van der Waals surface area contributed by atoms with Crippen LogP contribution in [0, 0.1) is 0 Å². The lowest BCUT2D eigenvalue weighted by Gasteiger charge is -2.18. The van der Waals surface area contributed by atoms with Gasteiger partial charge < -0.3 is 14.2 Å². The van der Waals surface area contributed by atoms with Crippen LogP contribution < -0.4 is 0 Å². The summed E-state index contributed by atoms with van der Waals surface area (Å²) in [4.78, 5) is 37.8. The van der Waals surface area contributed by atoms with Crippen LogP contribution in [0.15, 0.2) is 134 Å². The van der Waals surface area contributed by atoms with Gasteiger partial charge in [0.05, 0.1) is 0 Å². The molecule has 0 N–H and O–H groups in total. The van der Waals surface area contributed by atoms with Crippen molar-refractivity contribution in [1.29, 1.82) is 0 Å². The maximum atomic E-state index is 12.8. The number of ether oxygens (including phenoxy) is 3. The molecule has 418 valence electrons. The molecule has 0 spiro atoms. The van der Waals surface area contributed by atoms with Crippen LogP contribution in [0.4, 0.5) is 0 Å². The van der Waals surface area contributed by atoms with Gasteiger partial charge in [-0.3, -0.25) is 14.4 Å². The molecule has 0 amide bonds. The molecule has 0 aromatic carbocycles. The van der Waals surface area contributed by atoms with E-state index >= 15 is 0 Å². The van der Waals surface area contributed by atoms with Gasteiger partial charge in [-0.2, -0.15) is 0 Å². The van der Waals surface area contributed by atoms with Crippen molar-refractivity contribution in [3.8, 4) is 0 Å². The van der Waals surface area contributed by atoms with Crippen molar-refractivity contribution in [3.63, 3.8) is 0 Å². The summed E-state index contributed by atoms with van der Waals surface area (Å²) in [5.41, 5.74) is 0. The zero-order valence-electron chi connectivity index (χ0n) is 47.8. The molecule has 0 aliphatic heterocycles. The lowest BCUT2D eigenvalue weighted by molar-refractivity contribution is -0.167. The molecule has 0 aliphatic rings. The number of esters is 3. The fourth-order valence-corrected chi connectivity index (χ4v) is 7.88. The van der Waals surface area contributed by atoms with Crippen molar-refractivity contribution in [1.82, 2.24) is 0 Å². The molecule has 0 rings (SSSR count). The van der Waals surface area contributed by atoms with Crippen LogP contribution in [-0.2, 0) is 28.6 Å². The Balaban J connectivity index is 4.14. The van der Waals surface area contributed by atoms with Gasteiger partial charge in [-0.15, -0.1) is 0 Å². The summed E-state index contributed by atoms with van der Waals surface area (Å²) in [7, 11) is 0. The summed E-state index contributed by atoms with van der Waals surface area (Å²) in [5, 5.41) is 0. The summed E-state index contributed by atoms with van der Waals surface area (Å²) in [6.07, 6.45) is 86.4. The average molecular weight is 1020 g/mol. The van der Waals surface area contributed by atoms with Crippen LogP contribution in [-0.4, -0.2) is 37.2 Å². The molecule has 0 aromatic heterocycles. The molecule has 0 radical (unpaired) electrons. The third-order valence-electron chi connectivity index (χ3n) is 12.4. The van der Waals surface area contributed by atoms with E-state index in [0.717, 1.165) is 161 Å². The third-order valence-corrected chi connectivity index (χ3v) is 12.4. The van der Waals surface area contributed by atoms with Crippen LogP contribution in [0.25, 0.3) is 0 Å². The van der Waals surface area contributed by atoms with Crippen molar-refractivity contribution in [2.24, 2.45) is 0 Å². The first-order valence-corrected chi connectivity index (χ1v) is 30.2. The standard InChI is InChI=1S/C68H110O6/c1-4-7-10-13-15-17-19-21-23-25-26-27-28-29-30-31-32-33-34-35-36-37-38-39-40-41-42-43-45-46-48-50-52-55-58-61-67(70)73-64-65(63-72-66(69)60-57-54-12-9-6-3)74-68(71)62-59-56-53-51-49-47-44-24-22-20-18-16-14-11-8-5-2/h7,10,15,17,21,23-24,26-27,29-30,32-33,35-36,38-39,41-42,44-46,65H,4-6,8-9,11-14,16,18-20,22,25,28,31,34,37,40,43,47-64H2,1-3H3/b10-7-,17-15-,23-21-,27-26-,30-29-,33-32-,36-35-,39-38-,42-41-,44-24-,46-45-. The van der Waals surface area contributed by atoms with E-state index in [0.29, 0.717) is 19.3 Å². The molecule has 1 unspecified atom stereocenters. The Hall–Kier alpha value is -4.45. The van der Waals surface area contributed by atoms with Crippen molar-refractivity contribution >= 4 is 17.9 Å². The molecular formula is C68H110O6. The Morgan fingerprint density at radius 3 is 0.838 bits per heavy atom. The number of hydrogen-bond acceptors (Lipinski definition) is 6. The van der Waals surface area contributed by atoms with Crippen LogP contribution in [0.1, 0.15) is 258 Å². The Morgan fingerprint density at radius 2 is 0.527 bits per heavy atom. The fourth-order valence-electron chi connectivity index (χ4n) is 7.88. The number of unbranched alkanes of at least 4 members (excludes halogenated alkanes) is 20. The van der Waals surface area contributed by atoms with Crippen molar-refractivity contribution in [2.45, 2.75) is 264 Å². The normalized spacial score (nSPS) is 13.1. The number of rotatable bonds is 53. The van der Waals surface area contributed by atoms with Gasteiger partial charge >= 0.3 is 17.9 Å². The van der Waals surface area contributed by atoms with Gasteiger partial charge in [0, 0.05) is 19.3 Å². The molecule has 0 heterocycles. The Bertz CT molecular complexity index is 1600. The van der Waals surface area contributed by atoms with E-state index in [1.54, 1.807) is 0 Å². The topological polar surface area (TPSA) is 78.9 Å². The van der Waals surface area contributed by atoms with Gasteiger partial charge in [0.15, 0.2) is 6.10 Å². The van der Waals surface area contributed by atoms with Crippen LogP contribution in [0.3, 0.4) is 0 Å². The number of carbonyl (C=O) groups is 3. The smallest absolute Gasteiger partial charge is 0.306 e. The summed E-state index contributed by atoms with van der Waals surface area (Å²) in [5.74, 6) is -0.944. The highest BCUT2D eigenvalue weighted by Gasteiger charge is 2.19. The summed E-state index contributed by atoms with van der Waals surface area (Å²) in [6.45, 7) is 6.40. The zero-order valence-corrected chi connectivity index (χ0v) is 47.8. The molecular weight excluding hydrogens is 913 g/mol. The van der Waals surface area contributed by atoms with Gasteiger partial charge in [0.25, 0.3) is 0 Å². The van der Waals surface area contributed by atoms with E-state index in [2.05, 4.69) is 154 Å². The zero-order chi connectivity index (χ0) is 53.6. The second-order valence-electron chi connectivity index (χ2n) is 19.5. The van der Waals surface area contributed by atoms with E-state index in [4.69, 9.17) is 14.2 Å². The van der Waals surface area contributed by atoms with Gasteiger partial charge in [-0.05, 0) is 122 Å². The molecule has 0 aromatic rings. The quantitative estimate of drug-likeness (QED) is 0.0261. The predicted molar refractivity (Wildman–Crippen MR) is 320 cm³/mol. The third kappa shape index (κ3) is 58.4. The number of allylic oxidation sites excluding steroid dienone is 22. The number of hydrogen-bond donors (Lipinski definition) is 0. The molecule has 0 fully saturated rings. The fraction of sp³-hybridized carbons (Fsp3) is 0.632. The molecule has 0 aliphatic carbocycles. The van der Waals surface area contributed by atoms with Crippen LogP contribution >= 0.6 is 0 Å². The minimum Gasteiger partial charge on any atom is -0.462 e. The van der Waals surface area contributed by atoms with Crippen molar-refractivity contribution < 1.29 is 28.6 Å². The van der Waals surface area contributed by atoms with Crippen molar-refractivity contribution in [3.05, 3.63) is 134 Å². The highest BCUT2D eigenvalue weighted by molar-refractivity contribution is 5.71. The number of carbonyl (C=O) groups excluding carboxylic acids is 3. The molecule has 74 heavy (non-hydrogen) atoms.